The highest BCUT2D eigenvalue weighted by atomic mass is 16.5. The Bertz CT molecular complexity index is 1060. The summed E-state index contributed by atoms with van der Waals surface area (Å²) in [4.78, 5) is 26.2. The van der Waals surface area contributed by atoms with Crippen LogP contribution in [-0.2, 0) is 17.8 Å². The number of aryl methyl sites for hydroxylation is 1. The van der Waals surface area contributed by atoms with Crippen LogP contribution in [0.3, 0.4) is 0 Å². The summed E-state index contributed by atoms with van der Waals surface area (Å²) in [6.07, 6.45) is 0.499. The number of nitrogens with zero attached hydrogens (tertiary/aromatic N) is 4. The summed E-state index contributed by atoms with van der Waals surface area (Å²) in [6, 6.07) is 15.9. The first-order valence-corrected chi connectivity index (χ1v) is 10.8. The fourth-order valence-electron chi connectivity index (χ4n) is 4.29. The maximum atomic E-state index is 12.9. The number of amides is 1. The van der Waals surface area contributed by atoms with Crippen LogP contribution in [0.5, 0.6) is 0 Å². The second kappa shape index (κ2) is 9.12. The normalized spacial score (nSPS) is 19.5. The zero-order valence-corrected chi connectivity index (χ0v) is 18.7. The molecule has 162 valence electrons. The molecule has 2 atom stereocenters. The van der Waals surface area contributed by atoms with Gasteiger partial charge >= 0.3 is 0 Å². The maximum Gasteiger partial charge on any atom is 0.254 e. The van der Waals surface area contributed by atoms with Gasteiger partial charge in [0.1, 0.15) is 5.82 Å². The van der Waals surface area contributed by atoms with Crippen molar-refractivity contribution in [1.82, 2.24) is 19.8 Å². The Morgan fingerprint density at radius 1 is 1.06 bits per heavy atom. The van der Waals surface area contributed by atoms with E-state index < -0.39 is 0 Å². The molecule has 0 N–H and O–H groups in total. The molecule has 0 saturated carbocycles. The number of carbonyl (C=O) groups excluding carboxylic acids is 1. The second-order valence-corrected chi connectivity index (χ2v) is 8.55. The molecule has 1 amide bonds. The summed E-state index contributed by atoms with van der Waals surface area (Å²) in [7, 11) is 1.79. The van der Waals surface area contributed by atoms with Crippen molar-refractivity contribution in [1.29, 1.82) is 0 Å². The quantitative estimate of drug-likeness (QED) is 0.630. The molecule has 6 heteroatoms. The minimum atomic E-state index is -0.0328. The van der Waals surface area contributed by atoms with Gasteiger partial charge in [0.05, 0.1) is 24.3 Å². The summed E-state index contributed by atoms with van der Waals surface area (Å²) in [5, 5.41) is 1.04. The monoisotopic (exact) mass is 418 g/mol. The summed E-state index contributed by atoms with van der Waals surface area (Å²) < 4.78 is 5.81. The first-order valence-electron chi connectivity index (χ1n) is 10.8. The fourth-order valence-corrected chi connectivity index (χ4v) is 4.29. The Kier molecular flexibility index (Phi) is 6.30. The predicted octanol–water partition coefficient (Wildman–Crippen LogP) is 3.82. The molecule has 2 heterocycles. The van der Waals surface area contributed by atoms with Crippen LogP contribution in [0.4, 0.5) is 0 Å². The van der Waals surface area contributed by atoms with Crippen LogP contribution < -0.4 is 0 Å². The van der Waals surface area contributed by atoms with Gasteiger partial charge < -0.3 is 9.64 Å². The molecule has 0 bridgehead atoms. The van der Waals surface area contributed by atoms with Crippen LogP contribution in [0.15, 0.2) is 48.5 Å². The number of hydrogen-bond donors (Lipinski definition) is 0. The molecule has 1 aliphatic heterocycles. The van der Waals surface area contributed by atoms with Gasteiger partial charge in [-0.15, -0.1) is 0 Å². The van der Waals surface area contributed by atoms with Crippen molar-refractivity contribution in [2.75, 3.05) is 20.1 Å². The molecule has 2 unspecified atom stereocenters. The van der Waals surface area contributed by atoms with Crippen LogP contribution >= 0.6 is 0 Å². The largest absolute Gasteiger partial charge is 0.373 e. The lowest BCUT2D eigenvalue weighted by Gasteiger charge is -2.35. The number of fused-ring (bicyclic) bond motifs is 1. The van der Waals surface area contributed by atoms with Crippen molar-refractivity contribution in [3.8, 4) is 0 Å². The van der Waals surface area contributed by atoms with E-state index in [0.29, 0.717) is 17.9 Å². The van der Waals surface area contributed by atoms with Gasteiger partial charge in [0.15, 0.2) is 0 Å². The third-order valence-electron chi connectivity index (χ3n) is 5.67. The van der Waals surface area contributed by atoms with Crippen LogP contribution in [-0.4, -0.2) is 58.0 Å². The van der Waals surface area contributed by atoms with E-state index in [1.165, 1.54) is 5.56 Å². The summed E-state index contributed by atoms with van der Waals surface area (Å²) in [5.74, 6) is 0.619. The van der Waals surface area contributed by atoms with Crippen LogP contribution in [0.25, 0.3) is 10.9 Å². The lowest BCUT2D eigenvalue weighted by molar-refractivity contribution is -0.0704. The molecule has 0 radical (unpaired) electrons. The van der Waals surface area contributed by atoms with E-state index in [1.807, 2.05) is 55.5 Å². The fraction of sp³-hybridized carbons (Fsp3) is 0.400. The molecular formula is C25H30N4O2. The molecule has 3 aromatic rings. The van der Waals surface area contributed by atoms with E-state index >= 15 is 0 Å². The van der Waals surface area contributed by atoms with Crippen molar-refractivity contribution < 1.29 is 9.53 Å². The van der Waals surface area contributed by atoms with E-state index in [4.69, 9.17) is 4.74 Å². The molecule has 1 fully saturated rings. The molecule has 6 nitrogen and oxygen atoms in total. The van der Waals surface area contributed by atoms with Gasteiger partial charge in [-0.1, -0.05) is 30.3 Å². The number of rotatable bonds is 5. The number of para-hydroxylation sites is 1. The highest BCUT2D eigenvalue weighted by Crippen LogP contribution is 2.17. The molecular weight excluding hydrogens is 388 g/mol. The number of ether oxygens (including phenoxy) is 1. The van der Waals surface area contributed by atoms with E-state index in [2.05, 4.69) is 28.7 Å². The molecule has 0 aliphatic carbocycles. The van der Waals surface area contributed by atoms with Crippen LogP contribution in [0.2, 0.25) is 0 Å². The summed E-state index contributed by atoms with van der Waals surface area (Å²) >= 11 is 0. The Morgan fingerprint density at radius 3 is 2.45 bits per heavy atom. The number of hydrogen-bond acceptors (Lipinski definition) is 5. The van der Waals surface area contributed by atoms with Crippen molar-refractivity contribution in [3.63, 3.8) is 0 Å². The van der Waals surface area contributed by atoms with E-state index in [-0.39, 0.29) is 18.1 Å². The lowest BCUT2D eigenvalue weighted by Crippen LogP contribution is -2.44. The Labute approximate surface area is 183 Å². The second-order valence-electron chi connectivity index (χ2n) is 8.55. The van der Waals surface area contributed by atoms with Crippen molar-refractivity contribution in [2.24, 2.45) is 0 Å². The highest BCUT2D eigenvalue weighted by molar-refractivity contribution is 5.94. The first-order chi connectivity index (χ1) is 14.9. The SMILES string of the molecule is Cc1nc(CN(C)C(=O)c2ccc(CN3CC(C)OC(C)C3)cc2)nc2ccccc12. The standard InChI is InChI=1S/C25H30N4O2/c1-17-13-29(14-18(2)31-17)15-20-9-11-21(12-10-20)25(30)28(4)16-24-26-19(3)22-7-5-6-8-23(22)27-24/h5-12,17-18H,13-16H2,1-4H3. The number of benzene rings is 2. The number of aromatic nitrogens is 2. The van der Waals surface area contributed by atoms with E-state index in [1.54, 1.807) is 11.9 Å². The van der Waals surface area contributed by atoms with Gasteiger partial charge in [0, 0.05) is 43.3 Å². The lowest BCUT2D eigenvalue weighted by atomic mass is 10.1. The molecule has 0 spiro atoms. The van der Waals surface area contributed by atoms with Gasteiger partial charge in [-0.25, -0.2) is 9.97 Å². The first kappa shape index (κ1) is 21.4. The predicted molar refractivity (Wildman–Crippen MR) is 122 cm³/mol. The molecule has 1 saturated heterocycles. The van der Waals surface area contributed by atoms with Gasteiger partial charge in [0.2, 0.25) is 0 Å². The Balaban J connectivity index is 1.41. The zero-order valence-electron chi connectivity index (χ0n) is 18.7. The Hall–Kier alpha value is -2.83. The van der Waals surface area contributed by atoms with Gasteiger partial charge in [-0.2, -0.15) is 0 Å². The zero-order chi connectivity index (χ0) is 22.0. The minimum absolute atomic E-state index is 0.0328. The molecule has 31 heavy (non-hydrogen) atoms. The third-order valence-corrected chi connectivity index (χ3v) is 5.67. The molecule has 1 aromatic heterocycles. The topological polar surface area (TPSA) is 58.6 Å². The number of carbonyl (C=O) groups is 1. The van der Waals surface area contributed by atoms with Gasteiger partial charge in [-0.05, 0) is 44.5 Å². The van der Waals surface area contributed by atoms with Crippen LogP contribution in [0.1, 0.15) is 41.3 Å². The Morgan fingerprint density at radius 2 is 1.74 bits per heavy atom. The molecule has 2 aromatic carbocycles. The average Bonchev–Trinajstić information content (AvgIpc) is 2.73. The number of morpholine rings is 1. The van der Waals surface area contributed by atoms with Crippen molar-refractivity contribution >= 4 is 16.8 Å². The average molecular weight is 419 g/mol. The summed E-state index contributed by atoms with van der Waals surface area (Å²) in [6.45, 7) is 9.30. The molecule has 4 rings (SSSR count). The minimum Gasteiger partial charge on any atom is -0.373 e. The van der Waals surface area contributed by atoms with E-state index in [0.717, 1.165) is 36.2 Å². The smallest absolute Gasteiger partial charge is 0.254 e. The highest BCUT2D eigenvalue weighted by Gasteiger charge is 2.22. The van der Waals surface area contributed by atoms with Gasteiger partial charge in [0.25, 0.3) is 5.91 Å². The van der Waals surface area contributed by atoms with Crippen molar-refractivity contribution in [3.05, 3.63) is 71.2 Å². The van der Waals surface area contributed by atoms with Gasteiger partial charge in [-0.3, -0.25) is 9.69 Å². The molecule has 1 aliphatic rings. The van der Waals surface area contributed by atoms with Crippen molar-refractivity contribution in [2.45, 2.75) is 46.1 Å². The maximum absolute atomic E-state index is 12.9. The third kappa shape index (κ3) is 5.09. The van der Waals surface area contributed by atoms with E-state index in [9.17, 15) is 4.79 Å². The summed E-state index contributed by atoms with van der Waals surface area (Å²) in [5.41, 5.74) is 3.71. The van der Waals surface area contributed by atoms with Crippen LogP contribution in [0, 0.1) is 6.92 Å².